The van der Waals surface area contributed by atoms with Crippen molar-refractivity contribution in [1.29, 1.82) is 0 Å². The fourth-order valence-electron chi connectivity index (χ4n) is 2.64. The highest BCUT2D eigenvalue weighted by molar-refractivity contribution is 9.10. The number of hydrogen-bond donors (Lipinski definition) is 1. The second kappa shape index (κ2) is 8.38. The Morgan fingerprint density at radius 1 is 1.07 bits per heavy atom. The predicted octanol–water partition coefficient (Wildman–Crippen LogP) is 5.07. The molecule has 0 bridgehead atoms. The normalized spacial score (nSPS) is 11.5. The van der Waals surface area contributed by atoms with Crippen molar-refractivity contribution in [1.82, 2.24) is 4.98 Å². The molecule has 1 N–H and O–H groups in total. The molecule has 1 amide bonds. The molecule has 0 aliphatic carbocycles. The third kappa shape index (κ3) is 4.68. The van der Waals surface area contributed by atoms with Crippen LogP contribution in [0.1, 0.15) is 16.1 Å². The maximum atomic E-state index is 12.6. The van der Waals surface area contributed by atoms with E-state index in [2.05, 4.69) is 26.2 Å². The Bertz CT molecular complexity index is 1170. The fraction of sp³-hybridized carbons (Fsp3) is 0.100. The van der Waals surface area contributed by atoms with Crippen molar-refractivity contribution >= 4 is 37.4 Å². The summed E-state index contributed by atoms with van der Waals surface area (Å²) in [7, 11) is -4.67. The molecule has 3 aromatic rings. The highest BCUT2D eigenvalue weighted by Crippen LogP contribution is 2.24. The molecule has 0 radical (unpaired) electrons. The van der Waals surface area contributed by atoms with Crippen LogP contribution in [0.15, 0.2) is 70.0 Å². The number of rotatable bonds is 5. The van der Waals surface area contributed by atoms with Crippen LogP contribution in [0.5, 0.6) is 0 Å². The van der Waals surface area contributed by atoms with Gasteiger partial charge in [0.25, 0.3) is 5.91 Å². The predicted molar refractivity (Wildman–Crippen MR) is 110 cm³/mol. The van der Waals surface area contributed by atoms with Crippen molar-refractivity contribution in [2.45, 2.75) is 17.6 Å². The lowest BCUT2D eigenvalue weighted by Crippen LogP contribution is -2.15. The molecule has 2 aromatic carbocycles. The number of alkyl halides is 2. The monoisotopic (exact) mass is 480 g/mol. The van der Waals surface area contributed by atoms with Gasteiger partial charge in [-0.25, -0.2) is 8.42 Å². The van der Waals surface area contributed by atoms with E-state index in [9.17, 15) is 22.0 Å². The zero-order chi connectivity index (χ0) is 21.2. The smallest absolute Gasteiger partial charge is 0.322 e. The lowest BCUT2D eigenvalue weighted by molar-refractivity contribution is 0.102. The van der Waals surface area contributed by atoms with Gasteiger partial charge in [0, 0.05) is 15.7 Å². The molecular formula is C20H15BrF2N2O3S. The van der Waals surface area contributed by atoms with Gasteiger partial charge in [-0.05, 0) is 55.5 Å². The number of benzene rings is 2. The molecule has 5 nitrogen and oxygen atoms in total. The quantitative estimate of drug-likeness (QED) is 0.553. The topological polar surface area (TPSA) is 76.1 Å². The molecule has 150 valence electrons. The van der Waals surface area contributed by atoms with E-state index in [1.807, 2.05) is 24.3 Å². The molecular weight excluding hydrogens is 466 g/mol. The number of carbonyl (C=O) groups is 1. The Labute approximate surface area is 174 Å². The number of amides is 1. The Hall–Kier alpha value is -2.65. The SMILES string of the molecule is Cc1nc(-c2cccc(Br)c2)ccc1C(=O)Nc1ccc(S(=O)(=O)C(F)F)cc1. The van der Waals surface area contributed by atoms with E-state index in [1.54, 1.807) is 19.1 Å². The van der Waals surface area contributed by atoms with E-state index in [0.717, 1.165) is 22.2 Å². The number of sulfone groups is 1. The molecule has 0 aliphatic heterocycles. The molecule has 1 aromatic heterocycles. The number of nitrogens with zero attached hydrogens (tertiary/aromatic N) is 1. The molecule has 0 atom stereocenters. The van der Waals surface area contributed by atoms with Gasteiger partial charge in [0.1, 0.15) is 0 Å². The number of anilines is 1. The summed E-state index contributed by atoms with van der Waals surface area (Å²) in [6, 6.07) is 15.5. The van der Waals surface area contributed by atoms with Gasteiger partial charge in [-0.15, -0.1) is 0 Å². The van der Waals surface area contributed by atoms with Gasteiger partial charge in [-0.3, -0.25) is 9.78 Å². The highest BCUT2D eigenvalue weighted by Gasteiger charge is 2.26. The van der Waals surface area contributed by atoms with E-state index < -0.39 is 26.4 Å². The Kier molecular flexibility index (Phi) is 6.09. The molecule has 0 saturated carbocycles. The van der Waals surface area contributed by atoms with Crippen LogP contribution in [0.3, 0.4) is 0 Å². The van der Waals surface area contributed by atoms with Crippen LogP contribution in [0.25, 0.3) is 11.3 Å². The van der Waals surface area contributed by atoms with Gasteiger partial charge >= 0.3 is 5.76 Å². The number of halogens is 3. The van der Waals surface area contributed by atoms with Gasteiger partial charge in [-0.1, -0.05) is 28.1 Å². The number of aromatic nitrogens is 1. The summed E-state index contributed by atoms with van der Waals surface area (Å²) in [4.78, 5) is 16.5. The number of pyridine rings is 1. The van der Waals surface area contributed by atoms with Crippen molar-refractivity contribution in [3.05, 3.63) is 76.4 Å². The summed E-state index contributed by atoms with van der Waals surface area (Å²) in [6.45, 7) is 1.70. The van der Waals surface area contributed by atoms with Crippen LogP contribution in [0.2, 0.25) is 0 Å². The largest absolute Gasteiger partial charge is 0.341 e. The molecule has 0 unspecified atom stereocenters. The van der Waals surface area contributed by atoms with Crippen LogP contribution in [-0.2, 0) is 9.84 Å². The van der Waals surface area contributed by atoms with Gasteiger partial charge < -0.3 is 5.32 Å². The van der Waals surface area contributed by atoms with Gasteiger partial charge in [0.15, 0.2) is 0 Å². The van der Waals surface area contributed by atoms with E-state index in [-0.39, 0.29) is 5.69 Å². The average Bonchev–Trinajstić information content (AvgIpc) is 2.68. The van der Waals surface area contributed by atoms with Crippen molar-refractivity contribution in [3.8, 4) is 11.3 Å². The maximum Gasteiger partial charge on any atom is 0.341 e. The van der Waals surface area contributed by atoms with Gasteiger partial charge in [0.2, 0.25) is 9.84 Å². The molecule has 9 heteroatoms. The molecule has 3 rings (SSSR count). The summed E-state index contributed by atoms with van der Waals surface area (Å²) >= 11 is 3.41. The van der Waals surface area contributed by atoms with Crippen LogP contribution >= 0.6 is 15.9 Å². The van der Waals surface area contributed by atoms with Crippen LogP contribution in [0.4, 0.5) is 14.5 Å². The van der Waals surface area contributed by atoms with Crippen LogP contribution in [0, 0.1) is 6.92 Å². The van der Waals surface area contributed by atoms with E-state index in [1.165, 1.54) is 12.1 Å². The molecule has 0 fully saturated rings. The second-order valence-electron chi connectivity index (χ2n) is 6.12. The first-order valence-corrected chi connectivity index (χ1v) is 10.7. The summed E-state index contributed by atoms with van der Waals surface area (Å²) in [5.41, 5.74) is 2.73. The van der Waals surface area contributed by atoms with Crippen molar-refractivity contribution in [2.24, 2.45) is 0 Å². The molecule has 0 saturated heterocycles. The Morgan fingerprint density at radius 3 is 2.34 bits per heavy atom. The first-order valence-electron chi connectivity index (χ1n) is 8.35. The summed E-state index contributed by atoms with van der Waals surface area (Å²) in [5.74, 6) is -3.94. The minimum Gasteiger partial charge on any atom is -0.322 e. The first-order chi connectivity index (χ1) is 13.7. The minimum atomic E-state index is -4.67. The zero-order valence-corrected chi connectivity index (χ0v) is 17.5. The highest BCUT2D eigenvalue weighted by atomic mass is 79.9. The van der Waals surface area contributed by atoms with Crippen molar-refractivity contribution in [3.63, 3.8) is 0 Å². The van der Waals surface area contributed by atoms with E-state index >= 15 is 0 Å². The second-order valence-corrected chi connectivity index (χ2v) is 8.96. The summed E-state index contributed by atoms with van der Waals surface area (Å²) in [5, 5.41) is 2.61. The van der Waals surface area contributed by atoms with Crippen molar-refractivity contribution < 1.29 is 22.0 Å². The van der Waals surface area contributed by atoms with Crippen LogP contribution in [-0.4, -0.2) is 25.1 Å². The number of aryl methyl sites for hydroxylation is 1. The van der Waals surface area contributed by atoms with Gasteiger partial charge in [-0.2, -0.15) is 8.78 Å². The zero-order valence-electron chi connectivity index (χ0n) is 15.1. The van der Waals surface area contributed by atoms with Crippen molar-refractivity contribution in [2.75, 3.05) is 5.32 Å². The minimum absolute atomic E-state index is 0.277. The third-order valence-electron chi connectivity index (χ3n) is 4.13. The fourth-order valence-corrected chi connectivity index (χ4v) is 3.76. The molecule has 1 heterocycles. The van der Waals surface area contributed by atoms with E-state index in [0.29, 0.717) is 17.0 Å². The first kappa shape index (κ1) is 21.1. The third-order valence-corrected chi connectivity index (χ3v) is 6.02. The molecule has 29 heavy (non-hydrogen) atoms. The maximum absolute atomic E-state index is 12.6. The Balaban J connectivity index is 1.79. The van der Waals surface area contributed by atoms with E-state index in [4.69, 9.17) is 0 Å². The number of nitrogens with one attached hydrogen (secondary N) is 1. The van der Waals surface area contributed by atoms with Crippen LogP contribution < -0.4 is 5.32 Å². The summed E-state index contributed by atoms with van der Waals surface area (Å²) < 4.78 is 49.0. The standard InChI is InChI=1S/C20H15BrF2N2O3S/c1-12-17(9-10-18(24-12)13-3-2-4-14(21)11-13)19(26)25-15-5-7-16(8-6-15)29(27,28)20(22)23/h2-11,20H,1H3,(H,25,26). The lowest BCUT2D eigenvalue weighted by Gasteiger charge is -2.10. The molecule has 0 aliphatic rings. The summed E-state index contributed by atoms with van der Waals surface area (Å²) in [6.07, 6.45) is 0. The number of carbonyl (C=O) groups excluding carboxylic acids is 1. The Morgan fingerprint density at radius 2 is 1.76 bits per heavy atom. The van der Waals surface area contributed by atoms with Gasteiger partial charge in [0.05, 0.1) is 21.8 Å². The average molecular weight is 481 g/mol. The molecule has 0 spiro atoms. The number of hydrogen-bond acceptors (Lipinski definition) is 4. The lowest BCUT2D eigenvalue weighted by atomic mass is 10.1.